The number of rotatable bonds is 11. The smallest absolute Gasteiger partial charge is 0.326 e. The van der Waals surface area contributed by atoms with E-state index in [1.165, 1.54) is 12.8 Å². The molecular weight excluding hydrogens is 608 g/mol. The number of nitrogens with zero attached hydrogens (tertiary/aromatic N) is 2. The van der Waals surface area contributed by atoms with E-state index in [0.717, 1.165) is 53.0 Å². The zero-order chi connectivity index (χ0) is 33.6. The van der Waals surface area contributed by atoms with E-state index in [1.54, 1.807) is 66.7 Å². The molecule has 2 aliphatic rings. The maximum absolute atomic E-state index is 13.8. The number of imide groups is 1. The topological polar surface area (TPSA) is 136 Å². The summed E-state index contributed by atoms with van der Waals surface area (Å²) in [6, 6.07) is 24.6. The Morgan fingerprint density at radius 1 is 0.667 bits per heavy atom. The van der Waals surface area contributed by atoms with Crippen LogP contribution in [0, 0.1) is 0 Å². The van der Waals surface area contributed by atoms with Crippen molar-refractivity contribution in [3.8, 4) is 0 Å². The highest BCUT2D eigenvalue weighted by Gasteiger charge is 2.36. The Labute approximate surface area is 278 Å². The Kier molecular flexibility index (Phi) is 9.80. The van der Waals surface area contributed by atoms with E-state index < -0.39 is 48.2 Å². The molecule has 2 heterocycles. The fourth-order valence-electron chi connectivity index (χ4n) is 6.63. The lowest BCUT2D eigenvalue weighted by molar-refractivity contribution is -0.142. The van der Waals surface area contributed by atoms with Crippen molar-refractivity contribution >= 4 is 46.1 Å². The van der Waals surface area contributed by atoms with Crippen LogP contribution < -0.4 is 15.5 Å². The standard InChI is InChI=1S/C38H38N4O6/c43-33(39-30(22-25-12-5-3-6-13-25)35(44)40-31(38(47)48)23-26-14-7-4-8-15-26)24-42-36(45)28-17-11-16-27-32(41-20-9-1-2-10-21-41)19-18-29(34(27)28)37(42)46/h3-8,11-19,30-31H,1-2,9-10,20-24H2,(H,39,43)(H,40,44)(H,47,48). The van der Waals surface area contributed by atoms with Gasteiger partial charge in [0.25, 0.3) is 11.8 Å². The molecule has 10 nitrogen and oxygen atoms in total. The van der Waals surface area contributed by atoms with Crippen molar-refractivity contribution in [3.63, 3.8) is 0 Å². The van der Waals surface area contributed by atoms with E-state index in [2.05, 4.69) is 15.5 Å². The average molecular weight is 647 g/mol. The molecule has 2 aliphatic heterocycles. The molecule has 10 heteroatoms. The van der Waals surface area contributed by atoms with Crippen LogP contribution in [-0.2, 0) is 27.2 Å². The van der Waals surface area contributed by atoms with E-state index in [-0.39, 0.29) is 12.8 Å². The molecule has 0 bridgehead atoms. The second-order valence-electron chi connectivity index (χ2n) is 12.4. The highest BCUT2D eigenvalue weighted by atomic mass is 16.4. The molecule has 246 valence electrons. The highest BCUT2D eigenvalue weighted by molar-refractivity contribution is 6.27. The van der Waals surface area contributed by atoms with Gasteiger partial charge in [0.05, 0.1) is 0 Å². The van der Waals surface area contributed by atoms with Gasteiger partial charge in [-0.15, -0.1) is 0 Å². The van der Waals surface area contributed by atoms with Crippen LogP contribution in [0.1, 0.15) is 57.5 Å². The third kappa shape index (κ3) is 7.07. The molecule has 4 aromatic rings. The molecule has 2 atom stereocenters. The van der Waals surface area contributed by atoms with Crippen LogP contribution in [0.25, 0.3) is 10.8 Å². The van der Waals surface area contributed by atoms with E-state index >= 15 is 0 Å². The molecule has 4 amide bonds. The predicted octanol–water partition coefficient (Wildman–Crippen LogP) is 4.36. The van der Waals surface area contributed by atoms with Gasteiger partial charge in [-0.2, -0.15) is 0 Å². The number of anilines is 1. The van der Waals surface area contributed by atoms with Crippen molar-refractivity contribution in [1.82, 2.24) is 15.5 Å². The number of carbonyl (C=O) groups is 5. The van der Waals surface area contributed by atoms with Gasteiger partial charge in [0.2, 0.25) is 11.8 Å². The third-order valence-corrected chi connectivity index (χ3v) is 9.05. The van der Waals surface area contributed by atoms with Gasteiger partial charge in [-0.3, -0.25) is 24.1 Å². The summed E-state index contributed by atoms with van der Waals surface area (Å²) < 4.78 is 0. The lowest BCUT2D eigenvalue weighted by atomic mass is 9.92. The molecule has 0 aliphatic carbocycles. The molecule has 0 spiro atoms. The van der Waals surface area contributed by atoms with Crippen molar-refractivity contribution in [2.24, 2.45) is 0 Å². The molecule has 1 saturated heterocycles. The van der Waals surface area contributed by atoms with Crippen molar-refractivity contribution in [2.75, 3.05) is 24.5 Å². The predicted molar refractivity (Wildman–Crippen MR) is 182 cm³/mol. The molecule has 0 radical (unpaired) electrons. The molecule has 48 heavy (non-hydrogen) atoms. The van der Waals surface area contributed by atoms with Gasteiger partial charge in [0.1, 0.15) is 18.6 Å². The van der Waals surface area contributed by atoms with Gasteiger partial charge >= 0.3 is 5.97 Å². The zero-order valence-electron chi connectivity index (χ0n) is 26.6. The largest absolute Gasteiger partial charge is 0.480 e. The van der Waals surface area contributed by atoms with E-state index in [9.17, 15) is 29.1 Å². The van der Waals surface area contributed by atoms with Crippen LogP contribution >= 0.6 is 0 Å². The van der Waals surface area contributed by atoms with Crippen LogP contribution in [0.2, 0.25) is 0 Å². The molecule has 0 saturated carbocycles. The van der Waals surface area contributed by atoms with Gasteiger partial charge in [-0.1, -0.05) is 85.6 Å². The van der Waals surface area contributed by atoms with Gasteiger partial charge in [0.15, 0.2) is 0 Å². The van der Waals surface area contributed by atoms with E-state index in [1.807, 2.05) is 24.3 Å². The summed E-state index contributed by atoms with van der Waals surface area (Å²) in [4.78, 5) is 69.9. The Morgan fingerprint density at radius 3 is 1.85 bits per heavy atom. The van der Waals surface area contributed by atoms with Gasteiger partial charge < -0.3 is 20.6 Å². The molecular formula is C38H38N4O6. The van der Waals surface area contributed by atoms with Crippen molar-refractivity contribution < 1.29 is 29.1 Å². The number of aliphatic carboxylic acids is 1. The van der Waals surface area contributed by atoms with Crippen LogP contribution in [0.3, 0.4) is 0 Å². The second kappa shape index (κ2) is 14.5. The van der Waals surface area contributed by atoms with Crippen LogP contribution in [-0.4, -0.2) is 71.3 Å². The minimum atomic E-state index is -1.24. The van der Waals surface area contributed by atoms with Crippen LogP contribution in [0.4, 0.5) is 5.69 Å². The fourth-order valence-corrected chi connectivity index (χ4v) is 6.63. The molecule has 3 N–H and O–H groups in total. The Balaban J connectivity index is 1.21. The third-order valence-electron chi connectivity index (χ3n) is 9.05. The van der Waals surface area contributed by atoms with Gasteiger partial charge in [-0.05, 0) is 42.2 Å². The first-order valence-electron chi connectivity index (χ1n) is 16.4. The van der Waals surface area contributed by atoms with Gasteiger partial charge in [0, 0.05) is 53.5 Å². The number of amides is 4. The van der Waals surface area contributed by atoms with E-state index in [0.29, 0.717) is 16.5 Å². The first kappa shape index (κ1) is 32.4. The maximum atomic E-state index is 13.8. The summed E-state index contributed by atoms with van der Waals surface area (Å²) in [6.07, 6.45) is 4.63. The summed E-state index contributed by atoms with van der Waals surface area (Å²) in [5, 5.41) is 16.5. The van der Waals surface area contributed by atoms with E-state index in [4.69, 9.17) is 0 Å². The number of benzene rings is 4. The van der Waals surface area contributed by atoms with Crippen molar-refractivity contribution in [3.05, 3.63) is 113 Å². The first-order valence-corrected chi connectivity index (χ1v) is 16.4. The number of hydrogen-bond acceptors (Lipinski definition) is 6. The van der Waals surface area contributed by atoms with Crippen molar-refractivity contribution in [1.29, 1.82) is 0 Å². The normalized spacial score (nSPS) is 15.8. The Morgan fingerprint density at radius 2 is 1.25 bits per heavy atom. The number of carboxylic acid groups (broad SMARTS) is 1. The lowest BCUT2D eigenvalue weighted by Gasteiger charge is -2.30. The number of carboxylic acids is 1. The summed E-state index contributed by atoms with van der Waals surface area (Å²) in [7, 11) is 0. The van der Waals surface area contributed by atoms with Gasteiger partial charge in [-0.25, -0.2) is 4.79 Å². The summed E-state index contributed by atoms with van der Waals surface area (Å²) in [5.41, 5.74) is 3.14. The number of carbonyl (C=O) groups excluding carboxylic acids is 4. The molecule has 6 rings (SSSR count). The molecule has 2 unspecified atom stereocenters. The highest BCUT2D eigenvalue weighted by Crippen LogP contribution is 2.36. The molecule has 0 aromatic heterocycles. The van der Waals surface area contributed by atoms with Crippen LogP contribution in [0.5, 0.6) is 0 Å². The maximum Gasteiger partial charge on any atom is 0.326 e. The first-order chi connectivity index (χ1) is 23.3. The summed E-state index contributed by atoms with van der Waals surface area (Å²) in [6.45, 7) is 1.21. The fraction of sp³-hybridized carbons (Fsp3) is 0.289. The lowest BCUT2D eigenvalue weighted by Crippen LogP contribution is -2.55. The quantitative estimate of drug-likeness (QED) is 0.206. The monoisotopic (exact) mass is 646 g/mol. The Bertz CT molecular complexity index is 1810. The number of nitrogens with one attached hydrogen (secondary N) is 2. The average Bonchev–Trinajstić information content (AvgIpc) is 3.39. The minimum Gasteiger partial charge on any atom is -0.480 e. The molecule has 1 fully saturated rings. The summed E-state index contributed by atoms with van der Waals surface area (Å²) in [5.74, 6) is -3.80. The Hall–Kier alpha value is -5.51. The SMILES string of the molecule is O=C(CN1C(=O)c2cccc3c(N4CCCCCC4)ccc(c23)C1=O)NC(Cc1ccccc1)C(=O)NC(Cc1ccccc1)C(=O)O. The minimum absolute atomic E-state index is 0.0507. The van der Waals surface area contributed by atoms with Crippen LogP contribution in [0.15, 0.2) is 91.0 Å². The van der Waals surface area contributed by atoms with Crippen molar-refractivity contribution in [2.45, 2.75) is 50.6 Å². The zero-order valence-corrected chi connectivity index (χ0v) is 26.6. The summed E-state index contributed by atoms with van der Waals surface area (Å²) >= 11 is 0. The molecule has 4 aromatic carbocycles. The number of hydrogen-bond donors (Lipinski definition) is 3. The second-order valence-corrected chi connectivity index (χ2v) is 12.4.